The molecular weight excluding hydrogens is 677 g/mol. The van der Waals surface area contributed by atoms with E-state index in [9.17, 15) is 0 Å². The molecule has 0 radical (unpaired) electrons. The van der Waals surface area contributed by atoms with Crippen molar-refractivity contribution in [3.05, 3.63) is 204 Å². The predicted octanol–water partition coefficient (Wildman–Crippen LogP) is 14.5. The van der Waals surface area contributed by atoms with Gasteiger partial charge in [-0.2, -0.15) is 0 Å². The maximum absolute atomic E-state index is 2.51. The van der Waals surface area contributed by atoms with E-state index in [0.29, 0.717) is 0 Å². The topological polar surface area (TPSA) is 8.17 Å². The van der Waals surface area contributed by atoms with Crippen molar-refractivity contribution in [3.63, 3.8) is 0 Å². The van der Waals surface area contributed by atoms with Crippen LogP contribution >= 0.6 is 0 Å². The molecule has 0 spiro atoms. The largest absolute Gasteiger partial charge is 0.310 e. The van der Waals surface area contributed by atoms with Crippen LogP contribution in [-0.2, 0) is 10.8 Å². The highest BCUT2D eigenvalue weighted by molar-refractivity contribution is 6.17. The molecule has 0 saturated heterocycles. The molecule has 2 nitrogen and oxygen atoms in total. The van der Waals surface area contributed by atoms with Gasteiger partial charge in [-0.25, -0.2) is 0 Å². The van der Waals surface area contributed by atoms with Gasteiger partial charge in [0.15, 0.2) is 0 Å². The summed E-state index contributed by atoms with van der Waals surface area (Å²) in [4.78, 5) is 2.51. The minimum atomic E-state index is -0.0708. The normalized spacial score (nSPS) is 14.4. The highest BCUT2D eigenvalue weighted by Gasteiger charge is 2.37. The fourth-order valence-corrected chi connectivity index (χ4v) is 10.1. The van der Waals surface area contributed by atoms with Crippen molar-refractivity contribution in [2.45, 2.75) is 38.5 Å². The van der Waals surface area contributed by atoms with Crippen LogP contribution in [0, 0.1) is 0 Å². The fourth-order valence-electron chi connectivity index (χ4n) is 10.1. The summed E-state index contributed by atoms with van der Waals surface area (Å²) < 4.78 is 2.41. The van der Waals surface area contributed by atoms with Crippen molar-refractivity contribution in [1.29, 1.82) is 0 Å². The van der Waals surface area contributed by atoms with E-state index in [0.717, 1.165) is 22.7 Å². The van der Waals surface area contributed by atoms with E-state index < -0.39 is 0 Å². The summed E-state index contributed by atoms with van der Waals surface area (Å²) in [5, 5.41) is 2.50. The van der Waals surface area contributed by atoms with Crippen LogP contribution in [0.5, 0.6) is 0 Å². The van der Waals surface area contributed by atoms with Crippen molar-refractivity contribution in [1.82, 2.24) is 4.57 Å². The van der Waals surface area contributed by atoms with Gasteiger partial charge in [-0.1, -0.05) is 155 Å². The smallest absolute Gasteiger partial charge is 0.0547 e. The average molecular weight is 719 g/mol. The lowest BCUT2D eigenvalue weighted by Gasteiger charge is -2.30. The lowest BCUT2D eigenvalue weighted by Crippen LogP contribution is -2.16. The second-order valence-corrected chi connectivity index (χ2v) is 16.5. The molecule has 0 fully saturated rings. The Balaban J connectivity index is 1.19. The van der Waals surface area contributed by atoms with Crippen molar-refractivity contribution in [2.75, 3.05) is 4.90 Å². The second-order valence-electron chi connectivity index (χ2n) is 16.5. The van der Waals surface area contributed by atoms with Gasteiger partial charge in [-0.05, 0) is 105 Å². The quantitative estimate of drug-likeness (QED) is 0.172. The van der Waals surface area contributed by atoms with E-state index in [-0.39, 0.29) is 10.8 Å². The number of fused-ring (bicyclic) bond motifs is 9. The summed E-state index contributed by atoms with van der Waals surface area (Å²) in [6.45, 7) is 9.43. The summed E-state index contributed by atoms with van der Waals surface area (Å²) in [7, 11) is 0. The molecule has 0 saturated carbocycles. The van der Waals surface area contributed by atoms with Crippen LogP contribution in [0.15, 0.2) is 182 Å². The molecule has 11 rings (SSSR count). The molecular formula is C54H42N2. The zero-order chi connectivity index (χ0) is 37.8. The molecule has 0 N–H and O–H groups in total. The van der Waals surface area contributed by atoms with E-state index in [1.54, 1.807) is 0 Å². The number of benzene rings is 8. The third-order valence-electron chi connectivity index (χ3n) is 12.8. The molecule has 2 aliphatic rings. The van der Waals surface area contributed by atoms with Crippen molar-refractivity contribution < 1.29 is 0 Å². The minimum absolute atomic E-state index is 0.0708. The second kappa shape index (κ2) is 11.9. The molecule has 56 heavy (non-hydrogen) atoms. The molecule has 2 heteroatoms. The predicted molar refractivity (Wildman–Crippen MR) is 236 cm³/mol. The summed E-state index contributed by atoms with van der Waals surface area (Å²) >= 11 is 0. The number of rotatable bonds is 5. The van der Waals surface area contributed by atoms with E-state index in [1.165, 1.54) is 77.4 Å². The third kappa shape index (κ3) is 4.56. The van der Waals surface area contributed by atoms with Gasteiger partial charge in [-0.15, -0.1) is 0 Å². The summed E-state index contributed by atoms with van der Waals surface area (Å²) in [5.74, 6) is 0. The Morgan fingerprint density at radius 2 is 0.857 bits per heavy atom. The van der Waals surface area contributed by atoms with Gasteiger partial charge in [0, 0.05) is 44.2 Å². The molecule has 0 aliphatic heterocycles. The molecule has 0 unspecified atom stereocenters. The average Bonchev–Trinajstić information content (AvgIpc) is 3.78. The monoisotopic (exact) mass is 718 g/mol. The maximum Gasteiger partial charge on any atom is 0.0547 e. The highest BCUT2D eigenvalue weighted by Crippen LogP contribution is 2.54. The first kappa shape index (κ1) is 32.8. The lowest BCUT2D eigenvalue weighted by atomic mass is 9.82. The Kier molecular flexibility index (Phi) is 6.98. The molecule has 1 heterocycles. The number of aromatic nitrogens is 1. The van der Waals surface area contributed by atoms with E-state index in [1.807, 2.05) is 0 Å². The van der Waals surface area contributed by atoms with Gasteiger partial charge in [0.05, 0.1) is 16.7 Å². The Bertz CT molecular complexity index is 2930. The van der Waals surface area contributed by atoms with E-state index in [2.05, 4.69) is 219 Å². The van der Waals surface area contributed by atoms with Gasteiger partial charge >= 0.3 is 0 Å². The summed E-state index contributed by atoms with van der Waals surface area (Å²) in [6, 6.07) is 67.6. The van der Waals surface area contributed by atoms with Gasteiger partial charge < -0.3 is 9.47 Å². The van der Waals surface area contributed by atoms with Crippen LogP contribution < -0.4 is 4.90 Å². The zero-order valence-electron chi connectivity index (χ0n) is 32.2. The zero-order valence-corrected chi connectivity index (χ0v) is 32.2. The van der Waals surface area contributed by atoms with Crippen LogP contribution in [0.2, 0.25) is 0 Å². The standard InChI is InChI=1S/C54H42N2/c1-53(2)45-24-12-8-19-38(45)43-33-36(29-31-47(43)53)55(37-30-32-48-44(34-37)39-20-9-13-25-46(39)54(48,3)4)49-26-14-10-21-40(49)41-23-16-28-51-52(41)42-22-11-15-27-50(42)56(51)35-17-6-5-7-18-35/h5-34H,1-4H3. The molecule has 8 aromatic carbocycles. The van der Waals surface area contributed by atoms with E-state index >= 15 is 0 Å². The van der Waals surface area contributed by atoms with Crippen LogP contribution in [0.1, 0.15) is 49.9 Å². The van der Waals surface area contributed by atoms with Gasteiger partial charge in [0.1, 0.15) is 0 Å². The molecule has 0 atom stereocenters. The van der Waals surface area contributed by atoms with E-state index in [4.69, 9.17) is 0 Å². The number of anilines is 3. The van der Waals surface area contributed by atoms with Crippen molar-refractivity contribution in [2.24, 2.45) is 0 Å². The van der Waals surface area contributed by atoms with Crippen LogP contribution in [-0.4, -0.2) is 4.57 Å². The first-order valence-corrected chi connectivity index (χ1v) is 19.8. The molecule has 9 aromatic rings. The highest BCUT2D eigenvalue weighted by atomic mass is 15.1. The molecule has 0 bridgehead atoms. The molecule has 268 valence electrons. The molecule has 2 aliphatic carbocycles. The van der Waals surface area contributed by atoms with Crippen LogP contribution in [0.25, 0.3) is 60.9 Å². The van der Waals surface area contributed by atoms with Crippen molar-refractivity contribution >= 4 is 38.9 Å². The first-order valence-electron chi connectivity index (χ1n) is 19.8. The van der Waals surface area contributed by atoms with Crippen LogP contribution in [0.4, 0.5) is 17.1 Å². The summed E-state index contributed by atoms with van der Waals surface area (Å²) in [6.07, 6.45) is 0. The first-order chi connectivity index (χ1) is 27.3. The SMILES string of the molecule is CC1(C)c2ccccc2-c2cc(N(c3ccc4c(c3)-c3ccccc3C4(C)C)c3ccccc3-c3cccc4c3c3ccccc3n4-c3ccccc3)ccc21. The summed E-state index contributed by atoms with van der Waals surface area (Å²) in [5.41, 5.74) is 20.1. The Morgan fingerprint density at radius 1 is 0.375 bits per heavy atom. The number of para-hydroxylation sites is 3. The Hall–Kier alpha value is -6.64. The third-order valence-corrected chi connectivity index (χ3v) is 12.8. The van der Waals surface area contributed by atoms with Gasteiger partial charge in [0.2, 0.25) is 0 Å². The fraction of sp³-hybridized carbons (Fsp3) is 0.111. The number of hydrogen-bond donors (Lipinski definition) is 0. The maximum atomic E-state index is 2.51. The molecule has 0 amide bonds. The lowest BCUT2D eigenvalue weighted by molar-refractivity contribution is 0.660. The Morgan fingerprint density at radius 3 is 1.50 bits per heavy atom. The van der Waals surface area contributed by atoms with Gasteiger partial charge in [-0.3, -0.25) is 0 Å². The number of nitrogens with zero attached hydrogens (tertiary/aromatic N) is 2. The van der Waals surface area contributed by atoms with Crippen LogP contribution in [0.3, 0.4) is 0 Å². The Labute approximate surface area is 328 Å². The number of hydrogen-bond acceptors (Lipinski definition) is 1. The van der Waals surface area contributed by atoms with Crippen molar-refractivity contribution in [3.8, 4) is 39.1 Å². The minimum Gasteiger partial charge on any atom is -0.310 e. The van der Waals surface area contributed by atoms with Gasteiger partial charge in [0.25, 0.3) is 0 Å². The molecule has 1 aromatic heterocycles.